The number of hydrogen-bond donors (Lipinski definition) is 0. The Bertz CT molecular complexity index is 554. The van der Waals surface area contributed by atoms with Crippen LogP contribution in [0, 0.1) is 0 Å². The number of hydrogen-bond acceptors (Lipinski definition) is 5. The highest BCUT2D eigenvalue weighted by Gasteiger charge is 2.10. The van der Waals surface area contributed by atoms with Crippen LogP contribution in [0.15, 0.2) is 35.7 Å². The maximum atomic E-state index is 11.3. The molecule has 0 radical (unpaired) electrons. The second kappa shape index (κ2) is 7.05. The van der Waals surface area contributed by atoms with Gasteiger partial charge in [-0.15, -0.1) is 11.3 Å². The quantitative estimate of drug-likeness (QED) is 0.765. The monoisotopic (exact) mass is 290 g/mol. The number of carbonyl (C=O) groups excluding carboxylic acids is 1. The molecule has 0 aliphatic carbocycles. The van der Waals surface area contributed by atoms with Crippen molar-refractivity contribution in [3.05, 3.63) is 41.4 Å². The molecular formula is C15H18N2O2S. The molecule has 0 amide bonds. The number of rotatable bonds is 6. The van der Waals surface area contributed by atoms with Crippen molar-refractivity contribution in [1.29, 1.82) is 0 Å². The third-order valence-corrected chi connectivity index (χ3v) is 3.83. The van der Waals surface area contributed by atoms with Gasteiger partial charge in [-0.1, -0.05) is 18.2 Å². The standard InChI is InChI=1S/C15H18N2O2S/c1-3-19-14(18)10-9-12-11-20-15(16-12)17(2)13-7-5-4-6-8-13/h4-8,11H,3,9-10H2,1-2H3. The Morgan fingerprint density at radius 2 is 2.10 bits per heavy atom. The fourth-order valence-electron chi connectivity index (χ4n) is 1.79. The van der Waals surface area contributed by atoms with E-state index in [1.54, 1.807) is 11.3 Å². The van der Waals surface area contributed by atoms with E-state index in [9.17, 15) is 4.79 Å². The zero-order valence-corrected chi connectivity index (χ0v) is 12.5. The Morgan fingerprint density at radius 3 is 2.80 bits per heavy atom. The highest BCUT2D eigenvalue weighted by atomic mass is 32.1. The van der Waals surface area contributed by atoms with Crippen LogP contribution >= 0.6 is 11.3 Å². The third-order valence-electron chi connectivity index (χ3n) is 2.86. The molecule has 106 valence electrons. The second-order valence-electron chi connectivity index (χ2n) is 4.32. The van der Waals surface area contributed by atoms with E-state index < -0.39 is 0 Å². The Hall–Kier alpha value is -1.88. The maximum Gasteiger partial charge on any atom is 0.306 e. The lowest BCUT2D eigenvalue weighted by Crippen LogP contribution is -2.09. The van der Waals surface area contributed by atoms with Crippen LogP contribution < -0.4 is 4.90 Å². The molecule has 2 aromatic rings. The maximum absolute atomic E-state index is 11.3. The fraction of sp³-hybridized carbons (Fsp3) is 0.333. The van der Waals surface area contributed by atoms with Gasteiger partial charge in [0.15, 0.2) is 5.13 Å². The minimum atomic E-state index is -0.168. The zero-order chi connectivity index (χ0) is 14.4. The number of esters is 1. The minimum absolute atomic E-state index is 0.168. The van der Waals surface area contributed by atoms with E-state index in [1.807, 2.05) is 54.6 Å². The molecule has 0 unspecified atom stereocenters. The first-order chi connectivity index (χ1) is 9.70. The summed E-state index contributed by atoms with van der Waals surface area (Å²) < 4.78 is 4.91. The van der Waals surface area contributed by atoms with Crippen molar-refractivity contribution < 1.29 is 9.53 Å². The third kappa shape index (κ3) is 3.81. The molecule has 0 saturated heterocycles. The summed E-state index contributed by atoms with van der Waals surface area (Å²) >= 11 is 1.58. The van der Waals surface area contributed by atoms with E-state index in [-0.39, 0.29) is 5.97 Å². The molecule has 4 nitrogen and oxygen atoms in total. The van der Waals surface area contributed by atoms with Crippen molar-refractivity contribution in [2.45, 2.75) is 19.8 Å². The van der Waals surface area contributed by atoms with E-state index >= 15 is 0 Å². The zero-order valence-electron chi connectivity index (χ0n) is 11.7. The first-order valence-corrected chi connectivity index (χ1v) is 7.47. The van der Waals surface area contributed by atoms with Gasteiger partial charge in [-0.25, -0.2) is 4.98 Å². The van der Waals surface area contributed by atoms with Crippen LogP contribution in [0.2, 0.25) is 0 Å². The number of ether oxygens (including phenoxy) is 1. The summed E-state index contributed by atoms with van der Waals surface area (Å²) in [4.78, 5) is 17.9. The van der Waals surface area contributed by atoms with Gasteiger partial charge in [0.25, 0.3) is 0 Å². The molecule has 0 spiro atoms. The number of aromatic nitrogens is 1. The van der Waals surface area contributed by atoms with Crippen molar-refractivity contribution in [3.8, 4) is 0 Å². The van der Waals surface area contributed by atoms with E-state index in [4.69, 9.17) is 4.74 Å². The predicted molar refractivity (Wildman–Crippen MR) is 81.6 cm³/mol. The van der Waals surface area contributed by atoms with Gasteiger partial charge in [-0.2, -0.15) is 0 Å². The molecule has 0 atom stereocenters. The van der Waals surface area contributed by atoms with Crippen molar-refractivity contribution in [2.24, 2.45) is 0 Å². The Labute approximate surface area is 123 Å². The summed E-state index contributed by atoms with van der Waals surface area (Å²) in [6.45, 7) is 2.24. The highest BCUT2D eigenvalue weighted by Crippen LogP contribution is 2.26. The average Bonchev–Trinajstić information content (AvgIpc) is 2.94. The van der Waals surface area contributed by atoms with Gasteiger partial charge in [0, 0.05) is 24.5 Å². The van der Waals surface area contributed by atoms with Crippen molar-refractivity contribution in [2.75, 3.05) is 18.6 Å². The lowest BCUT2D eigenvalue weighted by molar-refractivity contribution is -0.143. The molecule has 0 aliphatic rings. The van der Waals surface area contributed by atoms with Gasteiger partial charge < -0.3 is 9.64 Å². The number of nitrogens with zero attached hydrogens (tertiary/aromatic N) is 2. The van der Waals surface area contributed by atoms with E-state index in [0.29, 0.717) is 19.4 Å². The summed E-state index contributed by atoms with van der Waals surface area (Å²) in [5.41, 5.74) is 2.03. The fourth-order valence-corrected chi connectivity index (χ4v) is 2.64. The molecule has 2 rings (SSSR count). The molecule has 5 heteroatoms. The van der Waals surface area contributed by atoms with Crippen LogP contribution in [0.25, 0.3) is 0 Å². The molecule has 1 aromatic heterocycles. The molecule has 0 N–H and O–H groups in total. The molecule has 1 aromatic carbocycles. The summed E-state index contributed by atoms with van der Waals surface area (Å²) in [6, 6.07) is 10.1. The van der Waals surface area contributed by atoms with Gasteiger partial charge in [-0.3, -0.25) is 4.79 Å². The number of aryl methyl sites for hydroxylation is 1. The van der Waals surface area contributed by atoms with Crippen LogP contribution in [0.1, 0.15) is 19.0 Å². The lowest BCUT2D eigenvalue weighted by atomic mass is 10.2. The summed E-state index contributed by atoms with van der Waals surface area (Å²) in [7, 11) is 1.99. The number of thiazole rings is 1. The summed E-state index contributed by atoms with van der Waals surface area (Å²) in [6.07, 6.45) is 1.00. The Balaban J connectivity index is 1.97. The molecule has 0 saturated carbocycles. The number of anilines is 2. The molecule has 0 fully saturated rings. The van der Waals surface area contributed by atoms with E-state index in [2.05, 4.69) is 4.98 Å². The van der Waals surface area contributed by atoms with Crippen LogP contribution in [0.5, 0.6) is 0 Å². The topological polar surface area (TPSA) is 42.4 Å². The van der Waals surface area contributed by atoms with Gasteiger partial charge in [0.2, 0.25) is 0 Å². The molecule has 1 heterocycles. The second-order valence-corrected chi connectivity index (χ2v) is 5.16. The van der Waals surface area contributed by atoms with Crippen LogP contribution in [0.3, 0.4) is 0 Å². The molecule has 0 aliphatic heterocycles. The van der Waals surface area contributed by atoms with Gasteiger partial charge in [0.05, 0.1) is 18.7 Å². The normalized spacial score (nSPS) is 10.3. The number of para-hydroxylation sites is 1. The molecule has 20 heavy (non-hydrogen) atoms. The van der Waals surface area contributed by atoms with Gasteiger partial charge in [-0.05, 0) is 19.1 Å². The average molecular weight is 290 g/mol. The molecule has 0 bridgehead atoms. The summed E-state index contributed by atoms with van der Waals surface area (Å²) in [5.74, 6) is -0.168. The van der Waals surface area contributed by atoms with Crippen molar-refractivity contribution in [1.82, 2.24) is 4.98 Å². The molecular weight excluding hydrogens is 272 g/mol. The van der Waals surface area contributed by atoms with Crippen LogP contribution in [-0.4, -0.2) is 24.6 Å². The van der Waals surface area contributed by atoms with Crippen LogP contribution in [0.4, 0.5) is 10.8 Å². The van der Waals surface area contributed by atoms with Crippen molar-refractivity contribution in [3.63, 3.8) is 0 Å². The first-order valence-electron chi connectivity index (χ1n) is 6.59. The van der Waals surface area contributed by atoms with Gasteiger partial charge in [0.1, 0.15) is 0 Å². The Morgan fingerprint density at radius 1 is 1.35 bits per heavy atom. The SMILES string of the molecule is CCOC(=O)CCc1csc(N(C)c2ccccc2)n1. The number of carbonyl (C=O) groups is 1. The lowest BCUT2D eigenvalue weighted by Gasteiger charge is -2.15. The van der Waals surface area contributed by atoms with E-state index in [1.165, 1.54) is 0 Å². The van der Waals surface area contributed by atoms with Crippen LogP contribution in [-0.2, 0) is 16.0 Å². The van der Waals surface area contributed by atoms with Gasteiger partial charge >= 0.3 is 5.97 Å². The first kappa shape index (κ1) is 14.5. The summed E-state index contributed by atoms with van der Waals surface area (Å²) in [5, 5.41) is 2.92. The van der Waals surface area contributed by atoms with E-state index in [0.717, 1.165) is 16.5 Å². The highest BCUT2D eigenvalue weighted by molar-refractivity contribution is 7.13. The predicted octanol–water partition coefficient (Wildman–Crippen LogP) is 3.41. The largest absolute Gasteiger partial charge is 0.466 e. The van der Waals surface area contributed by atoms with Crippen molar-refractivity contribution >= 4 is 28.1 Å². The smallest absolute Gasteiger partial charge is 0.306 e. The Kier molecular flexibility index (Phi) is 5.12. The number of benzene rings is 1. The minimum Gasteiger partial charge on any atom is -0.466 e.